The molecule has 5 heteroatoms. The summed E-state index contributed by atoms with van der Waals surface area (Å²) < 4.78 is 4.80. The number of rotatable bonds is 2. The lowest BCUT2D eigenvalue weighted by atomic mass is 10.0. The predicted molar refractivity (Wildman–Crippen MR) is 86.0 cm³/mol. The number of nitrogens with zero attached hydrogens (tertiary/aromatic N) is 1. The van der Waals surface area contributed by atoms with Crippen LogP contribution in [0.1, 0.15) is 35.0 Å². The van der Waals surface area contributed by atoms with Gasteiger partial charge in [-0.3, -0.25) is 4.79 Å². The molecule has 0 radical (unpaired) electrons. The maximum absolute atomic E-state index is 12.5. The molecule has 2 aliphatic rings. The molecule has 0 spiro atoms. The van der Waals surface area contributed by atoms with Gasteiger partial charge in [0.05, 0.1) is 12.7 Å². The Balaban J connectivity index is 1.68. The van der Waals surface area contributed by atoms with Crippen molar-refractivity contribution < 1.29 is 14.3 Å². The molecule has 2 atom stereocenters. The standard InChI is InChI=1S/C18H20N2O3/c1-10-7-12(10)17(21)20-6-5-16-14(9-20)13-8-11(18(22)23-2)3-4-15(13)19-16/h3-4,8,10,12,19H,5-7,9H2,1-2H3. The summed E-state index contributed by atoms with van der Waals surface area (Å²) in [5.74, 6) is 0.684. The zero-order valence-corrected chi connectivity index (χ0v) is 13.4. The molecule has 0 saturated heterocycles. The van der Waals surface area contributed by atoms with E-state index in [4.69, 9.17) is 4.74 Å². The number of benzene rings is 1. The van der Waals surface area contributed by atoms with Crippen LogP contribution in [0.4, 0.5) is 0 Å². The Labute approximate surface area is 134 Å². The number of esters is 1. The van der Waals surface area contributed by atoms with Crippen LogP contribution >= 0.6 is 0 Å². The maximum Gasteiger partial charge on any atom is 0.337 e. The fraction of sp³-hybridized carbons (Fsp3) is 0.444. The zero-order chi connectivity index (χ0) is 16.1. The van der Waals surface area contributed by atoms with Gasteiger partial charge in [0.25, 0.3) is 0 Å². The molecule has 1 aliphatic heterocycles. The minimum Gasteiger partial charge on any atom is -0.465 e. The van der Waals surface area contributed by atoms with E-state index in [1.54, 1.807) is 6.07 Å². The summed E-state index contributed by atoms with van der Waals surface area (Å²) in [5, 5.41) is 1.02. The van der Waals surface area contributed by atoms with E-state index in [1.807, 2.05) is 17.0 Å². The van der Waals surface area contributed by atoms with Gasteiger partial charge in [-0.2, -0.15) is 0 Å². The Hall–Kier alpha value is -2.30. The molecule has 1 N–H and O–H groups in total. The van der Waals surface area contributed by atoms with Crippen molar-refractivity contribution in [2.75, 3.05) is 13.7 Å². The second-order valence-corrected chi connectivity index (χ2v) is 6.66. The number of carbonyl (C=O) groups is 2. The van der Waals surface area contributed by atoms with Gasteiger partial charge in [0.15, 0.2) is 0 Å². The number of amides is 1. The molecule has 0 bridgehead atoms. The summed E-state index contributed by atoms with van der Waals surface area (Å²) in [6.07, 6.45) is 1.85. The first kappa shape index (κ1) is 14.3. The van der Waals surface area contributed by atoms with Crippen LogP contribution in [0.15, 0.2) is 18.2 Å². The first-order chi connectivity index (χ1) is 11.1. The average molecular weight is 312 g/mol. The highest BCUT2D eigenvalue weighted by atomic mass is 16.5. The highest BCUT2D eigenvalue weighted by molar-refractivity contribution is 5.96. The van der Waals surface area contributed by atoms with E-state index in [-0.39, 0.29) is 17.8 Å². The zero-order valence-electron chi connectivity index (χ0n) is 13.4. The van der Waals surface area contributed by atoms with Gasteiger partial charge in [-0.05, 0) is 30.5 Å². The first-order valence-electron chi connectivity index (χ1n) is 8.09. The van der Waals surface area contributed by atoms with Crippen LogP contribution < -0.4 is 0 Å². The Morgan fingerprint density at radius 3 is 2.83 bits per heavy atom. The second kappa shape index (κ2) is 5.11. The van der Waals surface area contributed by atoms with Gasteiger partial charge in [-0.1, -0.05) is 6.92 Å². The molecular weight excluding hydrogens is 292 g/mol. The lowest BCUT2D eigenvalue weighted by molar-refractivity contribution is -0.133. The van der Waals surface area contributed by atoms with E-state index in [9.17, 15) is 9.59 Å². The van der Waals surface area contributed by atoms with Crippen LogP contribution in [0.3, 0.4) is 0 Å². The van der Waals surface area contributed by atoms with Crippen LogP contribution in [0.25, 0.3) is 10.9 Å². The van der Waals surface area contributed by atoms with Crippen molar-refractivity contribution in [3.63, 3.8) is 0 Å². The van der Waals surface area contributed by atoms with Crippen molar-refractivity contribution in [1.82, 2.24) is 9.88 Å². The molecule has 2 aromatic rings. The number of ether oxygens (including phenoxy) is 1. The molecule has 1 amide bonds. The SMILES string of the molecule is COC(=O)c1ccc2[nH]c3c(c2c1)CN(C(=O)C1CC1C)CC3. The fourth-order valence-electron chi connectivity index (χ4n) is 3.55. The second-order valence-electron chi connectivity index (χ2n) is 6.66. The summed E-state index contributed by atoms with van der Waals surface area (Å²) in [7, 11) is 1.39. The van der Waals surface area contributed by atoms with Crippen LogP contribution in [0.2, 0.25) is 0 Å². The molecule has 2 unspecified atom stereocenters. The number of methoxy groups -OCH3 is 1. The van der Waals surface area contributed by atoms with Crippen molar-refractivity contribution in [3.8, 4) is 0 Å². The molecule has 4 rings (SSSR count). The van der Waals surface area contributed by atoms with Crippen LogP contribution in [-0.4, -0.2) is 35.4 Å². The number of nitrogens with one attached hydrogen (secondary N) is 1. The topological polar surface area (TPSA) is 62.4 Å². The third-order valence-electron chi connectivity index (χ3n) is 5.13. The van der Waals surface area contributed by atoms with Gasteiger partial charge in [0.2, 0.25) is 5.91 Å². The van der Waals surface area contributed by atoms with E-state index >= 15 is 0 Å². The molecule has 120 valence electrons. The van der Waals surface area contributed by atoms with Crippen molar-refractivity contribution in [2.24, 2.45) is 11.8 Å². The third kappa shape index (κ3) is 2.31. The van der Waals surface area contributed by atoms with E-state index in [0.29, 0.717) is 18.0 Å². The van der Waals surface area contributed by atoms with Crippen molar-refractivity contribution >= 4 is 22.8 Å². The molecular formula is C18H20N2O3. The number of fused-ring (bicyclic) bond motifs is 3. The number of carbonyl (C=O) groups excluding carboxylic acids is 2. The van der Waals surface area contributed by atoms with Gasteiger partial charge in [0.1, 0.15) is 0 Å². The van der Waals surface area contributed by atoms with Crippen molar-refractivity contribution in [1.29, 1.82) is 0 Å². The summed E-state index contributed by atoms with van der Waals surface area (Å²) >= 11 is 0. The van der Waals surface area contributed by atoms with Crippen LogP contribution in [-0.2, 0) is 22.5 Å². The van der Waals surface area contributed by atoms with E-state index < -0.39 is 0 Å². The number of aromatic nitrogens is 1. The average Bonchev–Trinajstić information content (AvgIpc) is 3.19. The Morgan fingerprint density at radius 1 is 1.35 bits per heavy atom. The summed E-state index contributed by atoms with van der Waals surface area (Å²) in [6.45, 7) is 3.53. The molecule has 1 aromatic heterocycles. The Bertz CT molecular complexity index is 808. The minimum absolute atomic E-state index is 0.215. The highest BCUT2D eigenvalue weighted by Crippen LogP contribution is 2.40. The number of aromatic amines is 1. The smallest absolute Gasteiger partial charge is 0.337 e. The molecule has 5 nitrogen and oxygen atoms in total. The largest absolute Gasteiger partial charge is 0.465 e. The summed E-state index contributed by atoms with van der Waals surface area (Å²) in [4.78, 5) is 29.6. The minimum atomic E-state index is -0.336. The lowest BCUT2D eigenvalue weighted by Crippen LogP contribution is -2.37. The van der Waals surface area contributed by atoms with E-state index in [1.165, 1.54) is 12.8 Å². The molecule has 1 fully saturated rings. The molecule has 1 aliphatic carbocycles. The van der Waals surface area contributed by atoms with Gasteiger partial charge in [0, 0.05) is 47.6 Å². The molecule has 23 heavy (non-hydrogen) atoms. The van der Waals surface area contributed by atoms with Gasteiger partial charge in [-0.25, -0.2) is 4.79 Å². The van der Waals surface area contributed by atoms with E-state index in [0.717, 1.165) is 35.9 Å². The number of H-pyrrole nitrogens is 1. The van der Waals surface area contributed by atoms with Crippen molar-refractivity contribution in [3.05, 3.63) is 35.0 Å². The normalized spacial score (nSPS) is 22.8. The van der Waals surface area contributed by atoms with Gasteiger partial charge >= 0.3 is 5.97 Å². The number of hydrogen-bond donors (Lipinski definition) is 1. The summed E-state index contributed by atoms with van der Waals surface area (Å²) in [6, 6.07) is 5.55. The summed E-state index contributed by atoms with van der Waals surface area (Å²) in [5.41, 5.74) is 3.87. The Kier molecular flexibility index (Phi) is 3.18. The monoisotopic (exact) mass is 312 g/mol. The molecule has 1 aromatic carbocycles. The first-order valence-corrected chi connectivity index (χ1v) is 8.09. The molecule has 2 heterocycles. The highest BCUT2D eigenvalue weighted by Gasteiger charge is 2.42. The fourth-order valence-corrected chi connectivity index (χ4v) is 3.55. The van der Waals surface area contributed by atoms with Gasteiger partial charge < -0.3 is 14.6 Å². The Morgan fingerprint density at radius 2 is 2.13 bits per heavy atom. The van der Waals surface area contributed by atoms with Gasteiger partial charge in [-0.15, -0.1) is 0 Å². The maximum atomic E-state index is 12.5. The van der Waals surface area contributed by atoms with Crippen LogP contribution in [0.5, 0.6) is 0 Å². The third-order valence-corrected chi connectivity index (χ3v) is 5.13. The quantitative estimate of drug-likeness (QED) is 0.867. The predicted octanol–water partition coefficient (Wildman–Crippen LogP) is 2.50. The number of hydrogen-bond acceptors (Lipinski definition) is 3. The lowest BCUT2D eigenvalue weighted by Gasteiger charge is -2.27. The van der Waals surface area contributed by atoms with Crippen molar-refractivity contribution in [2.45, 2.75) is 26.3 Å². The molecule has 1 saturated carbocycles. The van der Waals surface area contributed by atoms with E-state index in [2.05, 4.69) is 11.9 Å². The van der Waals surface area contributed by atoms with Crippen LogP contribution in [0, 0.1) is 11.8 Å².